The number of phenolic OH excluding ortho intramolecular Hbond substituents is 2. The molecule has 2 fully saturated rings. The van der Waals surface area contributed by atoms with Crippen molar-refractivity contribution in [2.45, 2.75) is 44.9 Å². The zero-order chi connectivity index (χ0) is 16.2. The normalized spacial score (nSPS) is 21.5. The van der Waals surface area contributed by atoms with E-state index in [0.717, 1.165) is 6.42 Å². The highest BCUT2D eigenvalue weighted by molar-refractivity contribution is 5.37. The lowest BCUT2D eigenvalue weighted by Crippen LogP contribution is -1.98. The van der Waals surface area contributed by atoms with Crippen molar-refractivity contribution in [2.75, 3.05) is 0 Å². The topological polar surface area (TPSA) is 40.5 Å². The Kier molecular flexibility index (Phi) is 4.90. The fraction of sp³-hybridized carbons (Fsp3) is 0.429. The van der Waals surface area contributed by atoms with Crippen LogP contribution in [-0.2, 0) is 0 Å². The standard InChI is InChI=1S/C15H16O2.C6H10/c1-2-15(11-3-7-13(16)8-4-11)12-5-9-14(17)10-6-12;1-2-5-4-6(5)3-1/h3-10,15-17H,2H2,1H3;5-6H,1-4H2. The molecule has 2 saturated carbocycles. The molecule has 2 N–H and O–H groups in total. The minimum Gasteiger partial charge on any atom is -0.508 e. The van der Waals surface area contributed by atoms with Gasteiger partial charge in [-0.05, 0) is 60.1 Å². The third kappa shape index (κ3) is 4.07. The van der Waals surface area contributed by atoms with Gasteiger partial charge in [0.2, 0.25) is 0 Å². The zero-order valence-corrected chi connectivity index (χ0v) is 13.8. The number of hydrogen-bond acceptors (Lipinski definition) is 2. The molecule has 0 heterocycles. The molecule has 0 radical (unpaired) electrons. The lowest BCUT2D eigenvalue weighted by atomic mass is 9.89. The van der Waals surface area contributed by atoms with Crippen molar-refractivity contribution in [1.82, 2.24) is 0 Å². The Morgan fingerprint density at radius 2 is 1.26 bits per heavy atom. The van der Waals surface area contributed by atoms with Gasteiger partial charge in [0.25, 0.3) is 0 Å². The Morgan fingerprint density at radius 3 is 1.52 bits per heavy atom. The first-order valence-corrected chi connectivity index (χ1v) is 8.75. The number of aromatic hydroxyl groups is 2. The maximum atomic E-state index is 9.29. The largest absolute Gasteiger partial charge is 0.508 e. The van der Waals surface area contributed by atoms with Gasteiger partial charge in [-0.2, -0.15) is 0 Å². The van der Waals surface area contributed by atoms with Crippen molar-refractivity contribution in [3.63, 3.8) is 0 Å². The Balaban J connectivity index is 0.000000213. The van der Waals surface area contributed by atoms with E-state index < -0.39 is 0 Å². The van der Waals surface area contributed by atoms with Crippen molar-refractivity contribution >= 4 is 0 Å². The second-order valence-electron chi connectivity index (χ2n) is 6.83. The molecule has 4 rings (SSSR count). The molecule has 2 unspecified atom stereocenters. The van der Waals surface area contributed by atoms with Crippen LogP contribution in [0.5, 0.6) is 11.5 Å². The molecule has 2 heteroatoms. The van der Waals surface area contributed by atoms with E-state index >= 15 is 0 Å². The fourth-order valence-electron chi connectivity index (χ4n) is 3.74. The summed E-state index contributed by atoms with van der Waals surface area (Å²) in [5.74, 6) is 3.30. The smallest absolute Gasteiger partial charge is 0.115 e. The number of phenols is 2. The monoisotopic (exact) mass is 310 g/mol. The summed E-state index contributed by atoms with van der Waals surface area (Å²) in [6.45, 7) is 2.13. The van der Waals surface area contributed by atoms with Gasteiger partial charge in [-0.15, -0.1) is 0 Å². The van der Waals surface area contributed by atoms with Gasteiger partial charge in [0, 0.05) is 5.92 Å². The van der Waals surface area contributed by atoms with E-state index in [1.54, 1.807) is 43.5 Å². The van der Waals surface area contributed by atoms with Crippen LogP contribution in [0.25, 0.3) is 0 Å². The van der Waals surface area contributed by atoms with Crippen LogP contribution >= 0.6 is 0 Å². The predicted molar refractivity (Wildman–Crippen MR) is 93.8 cm³/mol. The van der Waals surface area contributed by atoms with Crippen LogP contribution in [0.4, 0.5) is 0 Å². The van der Waals surface area contributed by atoms with Gasteiger partial charge >= 0.3 is 0 Å². The molecule has 2 atom stereocenters. The molecular weight excluding hydrogens is 284 g/mol. The summed E-state index contributed by atoms with van der Waals surface area (Å²) in [6, 6.07) is 14.6. The molecule has 23 heavy (non-hydrogen) atoms. The van der Waals surface area contributed by atoms with Crippen molar-refractivity contribution in [2.24, 2.45) is 11.8 Å². The van der Waals surface area contributed by atoms with E-state index in [2.05, 4.69) is 6.92 Å². The fourth-order valence-corrected chi connectivity index (χ4v) is 3.74. The summed E-state index contributed by atoms with van der Waals surface area (Å²) in [4.78, 5) is 0. The van der Waals surface area contributed by atoms with E-state index in [4.69, 9.17) is 0 Å². The van der Waals surface area contributed by atoms with Crippen LogP contribution in [0.1, 0.15) is 56.1 Å². The summed E-state index contributed by atoms with van der Waals surface area (Å²) in [5, 5.41) is 18.6. The molecule has 0 bridgehead atoms. The highest BCUT2D eigenvalue weighted by Gasteiger charge is 2.40. The minimum atomic E-state index is 0.286. The lowest BCUT2D eigenvalue weighted by Gasteiger charge is -2.16. The number of benzene rings is 2. The molecule has 2 aliphatic rings. The van der Waals surface area contributed by atoms with Crippen molar-refractivity contribution in [3.05, 3.63) is 59.7 Å². The minimum absolute atomic E-state index is 0.286. The van der Waals surface area contributed by atoms with Crippen LogP contribution in [0.2, 0.25) is 0 Å². The molecular formula is C21H26O2. The molecule has 0 aliphatic heterocycles. The SMILES string of the molecule is C1CC2CC2C1.CCC(c1ccc(O)cc1)c1ccc(O)cc1. The zero-order valence-electron chi connectivity index (χ0n) is 13.8. The molecule has 0 amide bonds. The molecule has 0 spiro atoms. The van der Waals surface area contributed by atoms with Gasteiger partial charge in [-0.1, -0.05) is 50.5 Å². The van der Waals surface area contributed by atoms with Gasteiger partial charge in [0.05, 0.1) is 0 Å². The number of rotatable bonds is 3. The Morgan fingerprint density at radius 1 is 0.826 bits per heavy atom. The second kappa shape index (κ2) is 7.08. The lowest BCUT2D eigenvalue weighted by molar-refractivity contribution is 0.475. The highest BCUT2D eigenvalue weighted by Crippen LogP contribution is 2.51. The summed E-state index contributed by atoms with van der Waals surface area (Å²) >= 11 is 0. The van der Waals surface area contributed by atoms with Crippen LogP contribution in [0.3, 0.4) is 0 Å². The molecule has 2 aliphatic carbocycles. The number of fused-ring (bicyclic) bond motifs is 1. The average molecular weight is 310 g/mol. The first-order chi connectivity index (χ1) is 11.2. The van der Waals surface area contributed by atoms with E-state index in [1.165, 1.54) is 29.4 Å². The van der Waals surface area contributed by atoms with Crippen LogP contribution in [-0.4, -0.2) is 10.2 Å². The second-order valence-corrected chi connectivity index (χ2v) is 6.83. The van der Waals surface area contributed by atoms with E-state index in [-0.39, 0.29) is 11.5 Å². The maximum Gasteiger partial charge on any atom is 0.115 e. The molecule has 122 valence electrons. The third-order valence-electron chi connectivity index (χ3n) is 5.22. The Labute approximate surface area is 138 Å². The first kappa shape index (κ1) is 15.9. The summed E-state index contributed by atoms with van der Waals surface area (Å²) < 4.78 is 0. The third-order valence-corrected chi connectivity index (χ3v) is 5.22. The first-order valence-electron chi connectivity index (χ1n) is 8.75. The van der Waals surface area contributed by atoms with Gasteiger partial charge in [0.1, 0.15) is 11.5 Å². The van der Waals surface area contributed by atoms with Crippen molar-refractivity contribution < 1.29 is 10.2 Å². The average Bonchev–Trinajstić information content (AvgIpc) is 3.18. The molecule has 0 aromatic heterocycles. The highest BCUT2D eigenvalue weighted by atomic mass is 16.3. The molecule has 2 aromatic carbocycles. The van der Waals surface area contributed by atoms with E-state index in [1.807, 2.05) is 24.3 Å². The molecule has 2 nitrogen and oxygen atoms in total. The molecule has 0 saturated heterocycles. The maximum absolute atomic E-state index is 9.29. The summed E-state index contributed by atoms with van der Waals surface area (Å²) in [5.41, 5.74) is 2.35. The Bertz CT molecular complexity index is 562. The van der Waals surface area contributed by atoms with Crippen molar-refractivity contribution in [3.8, 4) is 11.5 Å². The van der Waals surface area contributed by atoms with Gasteiger partial charge in [0.15, 0.2) is 0 Å². The van der Waals surface area contributed by atoms with E-state index in [9.17, 15) is 10.2 Å². The van der Waals surface area contributed by atoms with Crippen molar-refractivity contribution in [1.29, 1.82) is 0 Å². The van der Waals surface area contributed by atoms with Gasteiger partial charge < -0.3 is 10.2 Å². The summed E-state index contributed by atoms with van der Waals surface area (Å²) in [6.07, 6.45) is 7.22. The Hall–Kier alpha value is -1.96. The quantitative estimate of drug-likeness (QED) is 0.791. The van der Waals surface area contributed by atoms with Crippen LogP contribution in [0, 0.1) is 11.8 Å². The van der Waals surface area contributed by atoms with E-state index in [0.29, 0.717) is 5.92 Å². The predicted octanol–water partition coefficient (Wildman–Crippen LogP) is 5.45. The van der Waals surface area contributed by atoms with Gasteiger partial charge in [-0.3, -0.25) is 0 Å². The molecule has 2 aromatic rings. The summed E-state index contributed by atoms with van der Waals surface area (Å²) in [7, 11) is 0. The van der Waals surface area contributed by atoms with Crippen LogP contribution < -0.4 is 0 Å². The number of hydrogen-bond donors (Lipinski definition) is 2. The van der Waals surface area contributed by atoms with Gasteiger partial charge in [-0.25, -0.2) is 0 Å². The van der Waals surface area contributed by atoms with Crippen LogP contribution in [0.15, 0.2) is 48.5 Å².